The van der Waals surface area contributed by atoms with Crippen LogP contribution in [0.3, 0.4) is 0 Å². The van der Waals surface area contributed by atoms with E-state index >= 15 is 0 Å². The summed E-state index contributed by atoms with van der Waals surface area (Å²) in [5.41, 5.74) is 0.0936. The van der Waals surface area contributed by atoms with Gasteiger partial charge in [0.1, 0.15) is 11.6 Å². The number of benzene rings is 1. The molecule has 1 amide bonds. The van der Waals surface area contributed by atoms with Crippen LogP contribution in [0.15, 0.2) is 18.2 Å². The maximum Gasteiger partial charge on any atom is 0.254 e. The number of carbonyl (C=O) groups is 1. The lowest BCUT2D eigenvalue weighted by atomic mass is 9.90. The predicted octanol–water partition coefficient (Wildman–Crippen LogP) is 3.46. The van der Waals surface area contributed by atoms with E-state index in [0.29, 0.717) is 6.54 Å². The molecule has 19 heavy (non-hydrogen) atoms. The summed E-state index contributed by atoms with van der Waals surface area (Å²) in [7, 11) is 0. The summed E-state index contributed by atoms with van der Waals surface area (Å²) >= 11 is 3.50. The zero-order valence-corrected chi connectivity index (χ0v) is 12.9. The maximum atomic E-state index is 13.5. The second kappa shape index (κ2) is 6.37. The van der Waals surface area contributed by atoms with Gasteiger partial charge in [0.05, 0.1) is 5.56 Å². The minimum Gasteiger partial charge on any atom is -0.508 e. The van der Waals surface area contributed by atoms with Crippen LogP contribution < -0.4 is 5.32 Å². The number of phenols is 1. The molecule has 1 unspecified atom stereocenters. The van der Waals surface area contributed by atoms with Crippen LogP contribution in [0.25, 0.3) is 0 Å². The molecule has 0 radical (unpaired) electrons. The lowest BCUT2D eigenvalue weighted by Gasteiger charge is -2.22. The molecule has 1 aromatic carbocycles. The summed E-state index contributed by atoms with van der Waals surface area (Å²) in [5, 5.41) is 11.8. The van der Waals surface area contributed by atoms with Gasteiger partial charge in [0, 0.05) is 17.4 Å². The average Bonchev–Trinajstić information content (AvgIpc) is 2.23. The second-order valence-electron chi connectivity index (χ2n) is 5.74. The number of aromatic hydroxyl groups is 1. The highest BCUT2D eigenvalue weighted by Gasteiger charge is 2.18. The Morgan fingerprint density at radius 3 is 2.63 bits per heavy atom. The van der Waals surface area contributed by atoms with Crippen LogP contribution in [0.4, 0.5) is 4.39 Å². The van der Waals surface area contributed by atoms with Crippen LogP contribution in [0.5, 0.6) is 5.75 Å². The Balaban J connectivity index is 2.56. The number of halogens is 2. The van der Waals surface area contributed by atoms with Gasteiger partial charge in [-0.25, -0.2) is 4.39 Å². The fraction of sp³-hybridized carbons (Fsp3) is 0.500. The van der Waals surface area contributed by atoms with Crippen LogP contribution in [0.1, 0.15) is 37.6 Å². The van der Waals surface area contributed by atoms with E-state index in [4.69, 9.17) is 5.11 Å². The number of nitrogens with one attached hydrogen (secondary N) is 1. The van der Waals surface area contributed by atoms with Gasteiger partial charge in [-0.1, -0.05) is 36.7 Å². The molecule has 1 rings (SSSR count). The molecule has 0 saturated carbocycles. The van der Waals surface area contributed by atoms with Crippen molar-refractivity contribution < 1.29 is 14.3 Å². The molecule has 3 nitrogen and oxygen atoms in total. The standard InChI is InChI=1S/C14H19BrFNO2/c1-14(2,3)7-9(15)8-17-13(19)11-5-4-10(18)6-12(11)16/h4-6,9,18H,7-8H2,1-3H3,(H,17,19). The third-order valence-corrected chi connectivity index (χ3v) is 3.16. The van der Waals surface area contributed by atoms with Crippen LogP contribution in [-0.2, 0) is 0 Å². The molecule has 1 atom stereocenters. The summed E-state index contributed by atoms with van der Waals surface area (Å²) in [6.07, 6.45) is 0.894. The first-order valence-electron chi connectivity index (χ1n) is 6.10. The molecular formula is C14H19BrFNO2. The molecule has 0 bridgehead atoms. The molecule has 0 aromatic heterocycles. The number of phenolic OH excluding ortho intramolecular Hbond substituents is 1. The summed E-state index contributed by atoms with van der Waals surface area (Å²) < 4.78 is 13.5. The minimum absolute atomic E-state index is 0.0618. The molecule has 0 heterocycles. The van der Waals surface area contributed by atoms with Crippen molar-refractivity contribution in [2.24, 2.45) is 5.41 Å². The van der Waals surface area contributed by atoms with Gasteiger partial charge in [-0.15, -0.1) is 0 Å². The second-order valence-corrected chi connectivity index (χ2v) is 7.03. The highest BCUT2D eigenvalue weighted by molar-refractivity contribution is 9.09. The Kier molecular flexibility index (Phi) is 5.35. The van der Waals surface area contributed by atoms with Crippen molar-refractivity contribution in [2.45, 2.75) is 32.0 Å². The molecule has 2 N–H and O–H groups in total. The van der Waals surface area contributed by atoms with Gasteiger partial charge in [-0.2, -0.15) is 0 Å². The van der Waals surface area contributed by atoms with E-state index in [1.165, 1.54) is 12.1 Å². The molecule has 0 aliphatic carbocycles. The summed E-state index contributed by atoms with van der Waals surface area (Å²) in [5.74, 6) is -1.39. The Bertz CT molecular complexity index is 457. The number of alkyl halides is 1. The SMILES string of the molecule is CC(C)(C)CC(Br)CNC(=O)c1ccc(O)cc1F. The van der Waals surface area contributed by atoms with E-state index in [-0.39, 0.29) is 21.6 Å². The fourth-order valence-electron chi connectivity index (χ4n) is 1.72. The summed E-state index contributed by atoms with van der Waals surface area (Å²) in [6, 6.07) is 3.49. The van der Waals surface area contributed by atoms with Crippen LogP contribution in [0, 0.1) is 11.2 Å². The van der Waals surface area contributed by atoms with Gasteiger partial charge < -0.3 is 10.4 Å². The van der Waals surface area contributed by atoms with E-state index in [1.807, 2.05) is 0 Å². The summed E-state index contributed by atoms with van der Waals surface area (Å²) in [6.45, 7) is 6.77. The molecule has 1 aromatic rings. The smallest absolute Gasteiger partial charge is 0.254 e. The van der Waals surface area contributed by atoms with Gasteiger partial charge in [-0.3, -0.25) is 4.79 Å². The molecule has 106 valence electrons. The highest BCUT2D eigenvalue weighted by atomic mass is 79.9. The Hall–Kier alpha value is -1.10. The van der Waals surface area contributed by atoms with E-state index in [2.05, 4.69) is 42.0 Å². The normalized spacial score (nSPS) is 13.1. The number of hydrogen-bond donors (Lipinski definition) is 2. The Morgan fingerprint density at radius 2 is 2.11 bits per heavy atom. The van der Waals surface area contributed by atoms with Crippen molar-refractivity contribution >= 4 is 21.8 Å². The lowest BCUT2D eigenvalue weighted by Crippen LogP contribution is -2.31. The number of hydrogen-bond acceptors (Lipinski definition) is 2. The molecule has 0 fully saturated rings. The molecule has 5 heteroatoms. The molecule has 0 saturated heterocycles. The number of carbonyl (C=O) groups excluding carboxylic acids is 1. The minimum atomic E-state index is -0.723. The Morgan fingerprint density at radius 1 is 1.47 bits per heavy atom. The van der Waals surface area contributed by atoms with E-state index in [9.17, 15) is 9.18 Å². The largest absolute Gasteiger partial charge is 0.508 e. The molecular weight excluding hydrogens is 313 g/mol. The quantitative estimate of drug-likeness (QED) is 0.830. The van der Waals surface area contributed by atoms with E-state index in [1.54, 1.807) is 0 Å². The van der Waals surface area contributed by atoms with E-state index in [0.717, 1.165) is 12.5 Å². The summed E-state index contributed by atoms with van der Waals surface area (Å²) in [4.78, 5) is 11.9. The zero-order chi connectivity index (χ0) is 14.6. The van der Waals surface area contributed by atoms with Crippen molar-refractivity contribution in [3.05, 3.63) is 29.6 Å². The van der Waals surface area contributed by atoms with Crippen LogP contribution in [0.2, 0.25) is 0 Å². The average molecular weight is 332 g/mol. The Labute approximate surface area is 121 Å². The number of amides is 1. The fourth-order valence-corrected chi connectivity index (χ4v) is 2.86. The van der Waals surface area contributed by atoms with Gasteiger partial charge in [0.15, 0.2) is 0 Å². The number of rotatable bonds is 4. The van der Waals surface area contributed by atoms with Crippen molar-refractivity contribution in [3.8, 4) is 5.75 Å². The van der Waals surface area contributed by atoms with Crippen LogP contribution in [-0.4, -0.2) is 22.4 Å². The van der Waals surface area contributed by atoms with Gasteiger partial charge in [0.25, 0.3) is 5.91 Å². The molecule has 0 aliphatic rings. The van der Waals surface area contributed by atoms with E-state index < -0.39 is 11.7 Å². The lowest BCUT2D eigenvalue weighted by molar-refractivity contribution is 0.0948. The van der Waals surface area contributed by atoms with Crippen molar-refractivity contribution in [2.75, 3.05) is 6.54 Å². The highest BCUT2D eigenvalue weighted by Crippen LogP contribution is 2.24. The first kappa shape index (κ1) is 16.0. The van der Waals surface area contributed by atoms with Gasteiger partial charge in [0.2, 0.25) is 0 Å². The van der Waals surface area contributed by atoms with Gasteiger partial charge >= 0.3 is 0 Å². The first-order chi connectivity index (χ1) is 8.69. The third kappa shape index (κ3) is 5.59. The van der Waals surface area contributed by atoms with Gasteiger partial charge in [-0.05, 0) is 24.0 Å². The molecule has 0 aliphatic heterocycles. The topological polar surface area (TPSA) is 49.3 Å². The zero-order valence-electron chi connectivity index (χ0n) is 11.3. The maximum absolute atomic E-state index is 13.5. The predicted molar refractivity (Wildman–Crippen MR) is 77.2 cm³/mol. The third-order valence-electron chi connectivity index (χ3n) is 2.52. The monoisotopic (exact) mass is 331 g/mol. The van der Waals surface area contributed by atoms with Crippen LogP contribution >= 0.6 is 15.9 Å². The first-order valence-corrected chi connectivity index (χ1v) is 7.01. The van der Waals surface area contributed by atoms with Crippen molar-refractivity contribution in [1.82, 2.24) is 5.32 Å². The van der Waals surface area contributed by atoms with Crippen molar-refractivity contribution in [3.63, 3.8) is 0 Å². The molecule has 0 spiro atoms. The van der Waals surface area contributed by atoms with Crippen molar-refractivity contribution in [1.29, 1.82) is 0 Å².